The van der Waals surface area contributed by atoms with Crippen molar-refractivity contribution in [2.45, 2.75) is 13.8 Å². The average molecular weight is 396 g/mol. The molecule has 6 nitrogen and oxygen atoms in total. The Morgan fingerprint density at radius 1 is 0.966 bits per heavy atom. The molecular formula is C23H28N2O4. The largest absolute Gasteiger partial charge is 0.493 e. The summed E-state index contributed by atoms with van der Waals surface area (Å²) in [4.78, 5) is 35.5. The highest BCUT2D eigenvalue weighted by Gasteiger charge is 2.15. The lowest BCUT2D eigenvalue weighted by atomic mass is 10.0. The van der Waals surface area contributed by atoms with E-state index in [-0.39, 0.29) is 30.7 Å². The Morgan fingerprint density at radius 3 is 2.00 bits per heavy atom. The van der Waals surface area contributed by atoms with Crippen molar-refractivity contribution in [3.05, 3.63) is 78.4 Å². The van der Waals surface area contributed by atoms with Crippen molar-refractivity contribution in [1.82, 2.24) is 10.6 Å². The topological polar surface area (TPSA) is 84.5 Å². The lowest BCUT2D eigenvalue weighted by molar-refractivity contribution is -0.128. The predicted octanol–water partition coefficient (Wildman–Crippen LogP) is 2.91. The smallest absolute Gasteiger partial charge is 0.239 e. The maximum Gasteiger partial charge on any atom is 0.239 e. The molecule has 0 aliphatic heterocycles. The third-order valence-corrected chi connectivity index (χ3v) is 4.08. The molecule has 0 saturated carbocycles. The van der Waals surface area contributed by atoms with Gasteiger partial charge in [0.05, 0.1) is 19.1 Å². The van der Waals surface area contributed by atoms with Crippen LogP contribution in [0.1, 0.15) is 28.4 Å². The van der Waals surface area contributed by atoms with Crippen LogP contribution in [-0.2, 0) is 9.59 Å². The molecule has 1 atom stereocenters. The van der Waals surface area contributed by atoms with Crippen molar-refractivity contribution < 1.29 is 19.1 Å². The van der Waals surface area contributed by atoms with Crippen LogP contribution in [0.15, 0.2) is 61.7 Å². The van der Waals surface area contributed by atoms with Gasteiger partial charge in [-0.25, -0.2) is 0 Å². The monoisotopic (exact) mass is 396 g/mol. The molecule has 0 heterocycles. The fraction of sp³-hybridized carbons (Fsp3) is 0.261. The minimum Gasteiger partial charge on any atom is -0.493 e. The summed E-state index contributed by atoms with van der Waals surface area (Å²) >= 11 is 0. The second kappa shape index (κ2) is 12.1. The van der Waals surface area contributed by atoms with Crippen LogP contribution in [0.2, 0.25) is 0 Å². The van der Waals surface area contributed by atoms with Crippen LogP contribution >= 0.6 is 0 Å². The summed E-state index contributed by atoms with van der Waals surface area (Å²) < 4.78 is 5.61. The number of ether oxygens (including phenoxy) is 1. The molecule has 1 unspecified atom stereocenters. The van der Waals surface area contributed by atoms with E-state index >= 15 is 0 Å². The van der Waals surface area contributed by atoms with Crippen LogP contribution in [0.25, 0.3) is 0 Å². The van der Waals surface area contributed by atoms with Gasteiger partial charge in [0.25, 0.3) is 0 Å². The van der Waals surface area contributed by atoms with Crippen LogP contribution < -0.4 is 15.4 Å². The van der Waals surface area contributed by atoms with Gasteiger partial charge in [-0.2, -0.15) is 0 Å². The number of aryl methyl sites for hydroxylation is 1. The van der Waals surface area contributed by atoms with E-state index in [1.54, 1.807) is 43.3 Å². The molecule has 0 fully saturated rings. The molecule has 2 aromatic carbocycles. The number of benzene rings is 2. The highest BCUT2D eigenvalue weighted by molar-refractivity contribution is 6.09. The van der Waals surface area contributed by atoms with Crippen LogP contribution in [0.4, 0.5) is 0 Å². The summed E-state index contributed by atoms with van der Waals surface area (Å²) in [5.41, 5.74) is 2.31. The Balaban J connectivity index is 0.00000204. The van der Waals surface area contributed by atoms with Gasteiger partial charge in [0.1, 0.15) is 5.75 Å². The number of likely N-dealkylation sites (N-methyl/N-ethyl adjacent to an activating group) is 1. The molecule has 2 rings (SSSR count). The van der Waals surface area contributed by atoms with Gasteiger partial charge >= 0.3 is 0 Å². The fourth-order valence-corrected chi connectivity index (χ4v) is 2.30. The van der Waals surface area contributed by atoms with E-state index in [0.717, 1.165) is 5.56 Å². The summed E-state index contributed by atoms with van der Waals surface area (Å²) in [5.74, 6) is -0.413. The SMILES string of the molecule is C=C.CNC(=O)CNC(=O)C(C)COc1ccc(C(=O)c2ccc(C)cc2)cc1. The van der Waals surface area contributed by atoms with Gasteiger partial charge in [-0.3, -0.25) is 14.4 Å². The third-order valence-electron chi connectivity index (χ3n) is 4.08. The van der Waals surface area contributed by atoms with E-state index in [0.29, 0.717) is 16.9 Å². The van der Waals surface area contributed by atoms with Gasteiger partial charge in [-0.05, 0) is 31.2 Å². The molecule has 0 radical (unpaired) electrons. The second-order valence-corrected chi connectivity index (χ2v) is 6.32. The summed E-state index contributed by atoms with van der Waals surface area (Å²) in [7, 11) is 1.51. The summed E-state index contributed by atoms with van der Waals surface area (Å²) in [6, 6.07) is 14.2. The summed E-state index contributed by atoms with van der Waals surface area (Å²) in [5, 5.41) is 4.97. The first kappa shape index (κ1) is 23.6. The molecule has 154 valence electrons. The molecule has 6 heteroatoms. The van der Waals surface area contributed by atoms with Crippen LogP contribution in [0, 0.1) is 12.8 Å². The minimum atomic E-state index is -0.413. The molecule has 0 saturated heterocycles. The van der Waals surface area contributed by atoms with Gasteiger partial charge < -0.3 is 15.4 Å². The van der Waals surface area contributed by atoms with Gasteiger partial charge in [-0.1, -0.05) is 36.8 Å². The molecule has 2 amide bonds. The Bertz CT molecular complexity index is 814. The van der Waals surface area contributed by atoms with Crippen molar-refractivity contribution in [2.24, 2.45) is 5.92 Å². The molecule has 29 heavy (non-hydrogen) atoms. The zero-order valence-electron chi connectivity index (χ0n) is 17.2. The summed E-state index contributed by atoms with van der Waals surface area (Å²) in [6.45, 7) is 9.80. The van der Waals surface area contributed by atoms with Gasteiger partial charge in [-0.15, -0.1) is 13.2 Å². The maximum atomic E-state index is 12.4. The van der Waals surface area contributed by atoms with Crippen LogP contribution in [0.3, 0.4) is 0 Å². The maximum absolute atomic E-state index is 12.4. The molecular weight excluding hydrogens is 368 g/mol. The van der Waals surface area contributed by atoms with Gasteiger partial charge in [0.15, 0.2) is 5.78 Å². The first-order valence-corrected chi connectivity index (χ1v) is 9.23. The van der Waals surface area contributed by atoms with E-state index in [4.69, 9.17) is 4.74 Å². The Hall–Kier alpha value is -3.41. The first-order valence-electron chi connectivity index (χ1n) is 9.23. The molecule has 2 aromatic rings. The number of amides is 2. The predicted molar refractivity (Wildman–Crippen MR) is 114 cm³/mol. The number of carbonyl (C=O) groups excluding carboxylic acids is 3. The highest BCUT2D eigenvalue weighted by atomic mass is 16.5. The molecule has 2 N–H and O–H groups in total. The lowest BCUT2D eigenvalue weighted by Gasteiger charge is -2.13. The number of hydrogen-bond donors (Lipinski definition) is 2. The van der Waals surface area contributed by atoms with Crippen molar-refractivity contribution >= 4 is 17.6 Å². The standard InChI is InChI=1S/C21H24N2O4.C2H4/c1-14-4-6-16(7-5-14)20(25)17-8-10-18(11-9-17)27-13-15(2)21(26)23-12-19(24)22-3;1-2/h4-11,15H,12-13H2,1-3H3,(H,22,24)(H,23,26);1-2H2. The number of ketones is 1. The Kier molecular flexibility index (Phi) is 9.88. The highest BCUT2D eigenvalue weighted by Crippen LogP contribution is 2.16. The summed E-state index contributed by atoms with van der Waals surface area (Å²) in [6.07, 6.45) is 0. The quantitative estimate of drug-likeness (QED) is 0.531. The fourth-order valence-electron chi connectivity index (χ4n) is 2.30. The molecule has 0 aromatic heterocycles. The normalized spacial score (nSPS) is 10.7. The van der Waals surface area contributed by atoms with Crippen molar-refractivity contribution in [3.8, 4) is 5.75 Å². The molecule has 0 bridgehead atoms. The van der Waals surface area contributed by atoms with E-state index in [9.17, 15) is 14.4 Å². The zero-order valence-corrected chi connectivity index (χ0v) is 17.2. The number of hydrogen-bond acceptors (Lipinski definition) is 4. The molecule has 0 aliphatic rings. The van der Waals surface area contributed by atoms with Crippen LogP contribution in [-0.4, -0.2) is 37.8 Å². The van der Waals surface area contributed by atoms with Crippen molar-refractivity contribution in [2.75, 3.05) is 20.2 Å². The van der Waals surface area contributed by atoms with E-state index in [1.165, 1.54) is 7.05 Å². The van der Waals surface area contributed by atoms with E-state index in [2.05, 4.69) is 23.8 Å². The molecule has 0 spiro atoms. The molecule has 0 aliphatic carbocycles. The number of carbonyl (C=O) groups is 3. The van der Waals surface area contributed by atoms with Gasteiger partial charge in [0, 0.05) is 18.2 Å². The van der Waals surface area contributed by atoms with Crippen molar-refractivity contribution in [1.29, 1.82) is 0 Å². The Morgan fingerprint density at radius 2 is 1.48 bits per heavy atom. The average Bonchev–Trinajstić information content (AvgIpc) is 2.77. The van der Waals surface area contributed by atoms with Gasteiger partial charge in [0.2, 0.25) is 11.8 Å². The minimum absolute atomic E-state index is 0.0523. The third kappa shape index (κ3) is 7.62. The first-order chi connectivity index (χ1) is 13.9. The van der Waals surface area contributed by atoms with Crippen LogP contribution in [0.5, 0.6) is 5.75 Å². The number of nitrogens with one attached hydrogen (secondary N) is 2. The Labute approximate surface area is 172 Å². The van der Waals surface area contributed by atoms with E-state index < -0.39 is 5.92 Å². The van der Waals surface area contributed by atoms with Crippen molar-refractivity contribution in [3.63, 3.8) is 0 Å². The lowest BCUT2D eigenvalue weighted by Crippen LogP contribution is -2.39. The second-order valence-electron chi connectivity index (χ2n) is 6.32. The zero-order chi connectivity index (χ0) is 21.8. The number of rotatable bonds is 8. The van der Waals surface area contributed by atoms with E-state index in [1.807, 2.05) is 19.1 Å².